The van der Waals surface area contributed by atoms with Gasteiger partial charge in [0, 0.05) is 0 Å². The van der Waals surface area contributed by atoms with Gasteiger partial charge in [0.05, 0.1) is 11.7 Å². The van der Waals surface area contributed by atoms with E-state index in [0.717, 1.165) is 49.9 Å². The van der Waals surface area contributed by atoms with Crippen LogP contribution in [-0.2, 0) is 0 Å². The fraction of sp³-hybridized carbons (Fsp3) is 0.852. The van der Waals surface area contributed by atoms with Crippen LogP contribution in [-0.4, -0.2) is 21.9 Å². The monoisotopic (exact) mass is 400 g/mol. The van der Waals surface area contributed by atoms with E-state index in [1.807, 2.05) is 13.8 Å². The van der Waals surface area contributed by atoms with Gasteiger partial charge in [-0.15, -0.1) is 0 Å². The van der Waals surface area contributed by atoms with Gasteiger partial charge in [0.15, 0.2) is 0 Å². The number of rotatable bonds is 5. The van der Waals surface area contributed by atoms with E-state index in [0.29, 0.717) is 16.7 Å². The van der Waals surface area contributed by atoms with Crippen LogP contribution in [0.5, 0.6) is 0 Å². The average molecular weight is 401 g/mol. The van der Waals surface area contributed by atoms with Crippen molar-refractivity contribution in [3.63, 3.8) is 0 Å². The SMILES string of the molecule is CC(CCCC(C)(C)O)[C@H]1CC[C@H]2C3=CC=C4CC(O)CC[C@]4(C)[C@H]3CC[C@]12C. The van der Waals surface area contributed by atoms with E-state index in [4.69, 9.17) is 0 Å². The lowest BCUT2D eigenvalue weighted by molar-refractivity contribution is 0.0298. The second kappa shape index (κ2) is 7.52. The molecule has 2 heteroatoms. The molecule has 0 aromatic rings. The number of allylic oxidation sites excluding steroid dienone is 3. The molecule has 164 valence electrons. The minimum absolute atomic E-state index is 0.126. The summed E-state index contributed by atoms with van der Waals surface area (Å²) in [4.78, 5) is 0. The predicted octanol–water partition coefficient (Wildman–Crippen LogP) is 6.42. The third-order valence-corrected chi connectivity index (χ3v) is 9.75. The average Bonchev–Trinajstić information content (AvgIpc) is 2.98. The molecule has 4 rings (SSSR count). The summed E-state index contributed by atoms with van der Waals surface area (Å²) < 4.78 is 0. The topological polar surface area (TPSA) is 40.5 Å². The van der Waals surface area contributed by atoms with Crippen LogP contribution in [0, 0.1) is 34.5 Å². The lowest BCUT2D eigenvalue weighted by Gasteiger charge is -2.55. The Morgan fingerprint density at radius 3 is 2.55 bits per heavy atom. The molecule has 0 spiro atoms. The van der Waals surface area contributed by atoms with E-state index in [2.05, 4.69) is 32.9 Å². The van der Waals surface area contributed by atoms with Gasteiger partial charge in [0.1, 0.15) is 0 Å². The van der Waals surface area contributed by atoms with E-state index in [-0.39, 0.29) is 6.10 Å². The van der Waals surface area contributed by atoms with Gasteiger partial charge in [0.2, 0.25) is 0 Å². The van der Waals surface area contributed by atoms with Gasteiger partial charge in [-0.1, -0.05) is 56.9 Å². The fourth-order valence-corrected chi connectivity index (χ4v) is 8.02. The van der Waals surface area contributed by atoms with Gasteiger partial charge in [-0.05, 0) is 99.7 Å². The van der Waals surface area contributed by atoms with Crippen LogP contribution in [0.4, 0.5) is 0 Å². The van der Waals surface area contributed by atoms with Gasteiger partial charge < -0.3 is 10.2 Å². The quantitative estimate of drug-likeness (QED) is 0.559. The molecule has 0 radical (unpaired) electrons. The maximum atomic E-state index is 10.2. The summed E-state index contributed by atoms with van der Waals surface area (Å²) in [6.45, 7) is 11.5. The van der Waals surface area contributed by atoms with Crippen molar-refractivity contribution in [2.45, 2.75) is 111 Å². The Bertz CT molecular complexity index is 683. The molecular formula is C27H44O2. The molecule has 0 bridgehead atoms. The lowest BCUT2D eigenvalue weighted by atomic mass is 9.50. The number of fused-ring (bicyclic) bond motifs is 5. The molecule has 2 N–H and O–H groups in total. The molecule has 7 atom stereocenters. The van der Waals surface area contributed by atoms with Crippen molar-refractivity contribution in [1.82, 2.24) is 0 Å². The van der Waals surface area contributed by atoms with E-state index in [1.165, 1.54) is 37.7 Å². The maximum Gasteiger partial charge on any atom is 0.0591 e. The Labute approximate surface area is 178 Å². The fourth-order valence-electron chi connectivity index (χ4n) is 8.02. The van der Waals surface area contributed by atoms with E-state index in [9.17, 15) is 10.2 Å². The molecule has 4 aliphatic carbocycles. The molecule has 0 aromatic carbocycles. The van der Waals surface area contributed by atoms with Crippen molar-refractivity contribution in [3.05, 3.63) is 23.3 Å². The van der Waals surface area contributed by atoms with Crippen LogP contribution in [0.1, 0.15) is 98.8 Å². The van der Waals surface area contributed by atoms with E-state index < -0.39 is 5.60 Å². The zero-order valence-electron chi connectivity index (χ0n) is 19.5. The normalized spacial score (nSPS) is 43.0. The minimum Gasteiger partial charge on any atom is -0.393 e. The first kappa shape index (κ1) is 21.6. The van der Waals surface area contributed by atoms with Gasteiger partial charge in [0.25, 0.3) is 0 Å². The van der Waals surface area contributed by atoms with Crippen LogP contribution in [0.2, 0.25) is 0 Å². The van der Waals surface area contributed by atoms with Crippen molar-refractivity contribution >= 4 is 0 Å². The van der Waals surface area contributed by atoms with E-state index in [1.54, 1.807) is 5.57 Å². The van der Waals surface area contributed by atoms with Crippen LogP contribution >= 0.6 is 0 Å². The second-order valence-electron chi connectivity index (χ2n) is 12.2. The van der Waals surface area contributed by atoms with Gasteiger partial charge in [-0.3, -0.25) is 0 Å². The lowest BCUT2D eigenvalue weighted by Crippen LogP contribution is -2.46. The summed E-state index contributed by atoms with van der Waals surface area (Å²) in [5, 5.41) is 20.3. The Balaban J connectivity index is 1.51. The third-order valence-electron chi connectivity index (χ3n) is 9.75. The number of aliphatic hydroxyl groups is 2. The first-order chi connectivity index (χ1) is 13.5. The van der Waals surface area contributed by atoms with Crippen molar-refractivity contribution in [3.8, 4) is 0 Å². The number of hydrogen-bond donors (Lipinski definition) is 2. The molecule has 4 aliphatic rings. The summed E-state index contributed by atoms with van der Waals surface area (Å²) in [5.41, 5.74) is 3.49. The zero-order valence-corrected chi connectivity index (χ0v) is 19.5. The highest BCUT2D eigenvalue weighted by molar-refractivity contribution is 5.38. The van der Waals surface area contributed by atoms with Crippen LogP contribution in [0.25, 0.3) is 0 Å². The highest BCUT2D eigenvalue weighted by atomic mass is 16.3. The van der Waals surface area contributed by atoms with Crippen LogP contribution < -0.4 is 0 Å². The second-order valence-corrected chi connectivity index (χ2v) is 12.2. The molecule has 0 heterocycles. The van der Waals surface area contributed by atoms with Gasteiger partial charge in [-0.25, -0.2) is 0 Å². The molecule has 0 saturated heterocycles. The zero-order chi connectivity index (χ0) is 21.0. The Morgan fingerprint density at radius 2 is 1.83 bits per heavy atom. The first-order valence-corrected chi connectivity index (χ1v) is 12.4. The Morgan fingerprint density at radius 1 is 1.07 bits per heavy atom. The molecular weight excluding hydrogens is 356 g/mol. The van der Waals surface area contributed by atoms with E-state index >= 15 is 0 Å². The van der Waals surface area contributed by atoms with Gasteiger partial charge in [-0.2, -0.15) is 0 Å². The third kappa shape index (κ3) is 3.78. The summed E-state index contributed by atoms with van der Waals surface area (Å²) in [5.74, 6) is 3.03. The maximum absolute atomic E-state index is 10.2. The Hall–Kier alpha value is -0.600. The standard InChI is InChI=1S/C27H44O2/c1-18(7-6-14-25(2,3)29)22-10-11-23-21-9-8-19-17-20(28)12-15-26(19,4)24(21)13-16-27(22,23)5/h8-9,18,20,22-24,28-29H,6-7,10-17H2,1-5H3/t18?,20?,22-,23+,24+,26+,27-/m1/s1. The smallest absolute Gasteiger partial charge is 0.0591 e. The molecule has 3 fully saturated rings. The minimum atomic E-state index is -0.528. The highest BCUT2D eigenvalue weighted by Gasteiger charge is 2.56. The summed E-state index contributed by atoms with van der Waals surface area (Å²) in [6.07, 6.45) is 16.5. The van der Waals surface area contributed by atoms with Crippen molar-refractivity contribution < 1.29 is 10.2 Å². The summed E-state index contributed by atoms with van der Waals surface area (Å²) in [6, 6.07) is 0. The predicted molar refractivity (Wildman–Crippen MR) is 120 cm³/mol. The molecule has 0 aliphatic heterocycles. The Kier molecular flexibility index (Phi) is 5.61. The molecule has 29 heavy (non-hydrogen) atoms. The van der Waals surface area contributed by atoms with Gasteiger partial charge >= 0.3 is 0 Å². The van der Waals surface area contributed by atoms with Crippen LogP contribution in [0.3, 0.4) is 0 Å². The number of hydrogen-bond acceptors (Lipinski definition) is 2. The molecule has 3 saturated carbocycles. The highest BCUT2D eigenvalue weighted by Crippen LogP contribution is 2.66. The molecule has 0 amide bonds. The largest absolute Gasteiger partial charge is 0.393 e. The first-order valence-electron chi connectivity index (χ1n) is 12.4. The van der Waals surface area contributed by atoms with Crippen molar-refractivity contribution in [2.75, 3.05) is 0 Å². The van der Waals surface area contributed by atoms with Crippen molar-refractivity contribution in [2.24, 2.45) is 34.5 Å². The van der Waals surface area contributed by atoms with Crippen LogP contribution in [0.15, 0.2) is 23.3 Å². The van der Waals surface area contributed by atoms with Crippen molar-refractivity contribution in [1.29, 1.82) is 0 Å². The number of aliphatic hydroxyl groups excluding tert-OH is 1. The summed E-state index contributed by atoms with van der Waals surface area (Å²) >= 11 is 0. The summed E-state index contributed by atoms with van der Waals surface area (Å²) in [7, 11) is 0. The molecule has 2 unspecified atom stereocenters. The molecule has 2 nitrogen and oxygen atoms in total. The molecule has 0 aromatic heterocycles.